The van der Waals surface area contributed by atoms with Crippen molar-refractivity contribution in [2.24, 2.45) is 0 Å². The van der Waals surface area contributed by atoms with Gasteiger partial charge in [0.1, 0.15) is 0 Å². The molecule has 6 heteroatoms. The molecule has 0 spiro atoms. The normalized spacial score (nSPS) is 20.5. The van der Waals surface area contributed by atoms with Crippen LogP contribution in [0.2, 0.25) is 0 Å². The average Bonchev–Trinajstić information content (AvgIpc) is 3.28. The minimum absolute atomic E-state index is 0.0755. The van der Waals surface area contributed by atoms with Gasteiger partial charge in [0.05, 0.1) is 17.1 Å². The molecule has 0 fully saturated rings. The van der Waals surface area contributed by atoms with Gasteiger partial charge in [0, 0.05) is 35.9 Å². The first-order chi connectivity index (χ1) is 14.1. The smallest absolute Gasteiger partial charge is 0.326 e. The van der Waals surface area contributed by atoms with E-state index >= 15 is 0 Å². The second-order valence-electron chi connectivity index (χ2n) is 7.80. The summed E-state index contributed by atoms with van der Waals surface area (Å²) in [5, 5.41) is 15.7. The number of nitrogens with one attached hydrogen (secondary N) is 3. The van der Waals surface area contributed by atoms with Crippen LogP contribution in [0.15, 0.2) is 59.5 Å². The van der Waals surface area contributed by atoms with Gasteiger partial charge < -0.3 is 20.4 Å². The number of rotatable bonds is 4. The molecular weight excluding hydrogens is 364 g/mol. The highest BCUT2D eigenvalue weighted by Crippen LogP contribution is 2.30. The van der Waals surface area contributed by atoms with Crippen molar-refractivity contribution in [3.63, 3.8) is 0 Å². The summed E-state index contributed by atoms with van der Waals surface area (Å²) in [5.74, 6) is 0. The number of aromatic amines is 2. The van der Waals surface area contributed by atoms with Gasteiger partial charge in [-0.05, 0) is 48.6 Å². The van der Waals surface area contributed by atoms with Crippen LogP contribution in [0.25, 0.3) is 28.0 Å². The van der Waals surface area contributed by atoms with Crippen LogP contribution in [-0.2, 0) is 6.54 Å². The van der Waals surface area contributed by atoms with Crippen LogP contribution in [0, 0.1) is 0 Å². The molecule has 0 radical (unpaired) electrons. The summed E-state index contributed by atoms with van der Waals surface area (Å²) < 4.78 is 1.74. The number of nitrogens with zero attached hydrogens (tertiary/aromatic N) is 1. The average molecular weight is 388 g/mol. The van der Waals surface area contributed by atoms with Gasteiger partial charge in [-0.15, -0.1) is 0 Å². The fraction of sp³-hybridized carbons (Fsp3) is 0.261. The SMILES string of the molecule is CC(/C=C/c1ccc2[nH]ccc2c1)N[C@@H]1CCn2c(=O)[nH]c3cccc(c32)[C@H]1O. The molecule has 29 heavy (non-hydrogen) atoms. The number of aromatic nitrogens is 3. The number of benzene rings is 2. The Kier molecular flexibility index (Phi) is 4.38. The largest absolute Gasteiger partial charge is 0.387 e. The van der Waals surface area contributed by atoms with Crippen molar-refractivity contribution >= 4 is 28.0 Å². The van der Waals surface area contributed by atoms with Crippen LogP contribution in [0.3, 0.4) is 0 Å². The molecule has 0 aliphatic carbocycles. The van der Waals surface area contributed by atoms with Crippen molar-refractivity contribution in [3.05, 3.63) is 76.3 Å². The van der Waals surface area contributed by atoms with Crippen molar-refractivity contribution in [3.8, 4) is 0 Å². The van der Waals surface area contributed by atoms with Crippen molar-refractivity contribution in [1.82, 2.24) is 19.9 Å². The van der Waals surface area contributed by atoms with E-state index in [4.69, 9.17) is 0 Å². The number of imidazole rings is 1. The first kappa shape index (κ1) is 18.0. The zero-order valence-electron chi connectivity index (χ0n) is 16.2. The molecule has 4 N–H and O–H groups in total. The van der Waals surface area contributed by atoms with Crippen molar-refractivity contribution in [2.75, 3.05) is 0 Å². The van der Waals surface area contributed by atoms with Gasteiger partial charge in [-0.3, -0.25) is 4.57 Å². The lowest BCUT2D eigenvalue weighted by Crippen LogP contribution is -2.40. The standard InChI is InChI=1S/C23H24N4O2/c1-14(5-6-15-7-8-18-16(13-15)9-11-24-18)25-20-10-12-27-21-17(22(20)28)3-2-4-19(21)26-23(27)29/h2-9,11,13-14,20,22,24-25,28H,10,12H2,1H3,(H,26,29)/b6-5+/t14?,20-,22-/m1/s1. The first-order valence-electron chi connectivity index (χ1n) is 10.0. The number of hydrogen-bond donors (Lipinski definition) is 4. The Morgan fingerprint density at radius 3 is 3.03 bits per heavy atom. The molecule has 1 unspecified atom stereocenters. The quantitative estimate of drug-likeness (QED) is 0.433. The molecule has 1 aliphatic rings. The number of para-hydroxylation sites is 1. The molecule has 2 aromatic heterocycles. The molecule has 2 aromatic carbocycles. The third-order valence-corrected chi connectivity index (χ3v) is 5.82. The molecule has 1 aliphatic heterocycles. The highest BCUT2D eigenvalue weighted by Gasteiger charge is 2.28. The highest BCUT2D eigenvalue weighted by atomic mass is 16.3. The van der Waals surface area contributed by atoms with E-state index in [9.17, 15) is 9.90 Å². The molecule has 4 aromatic rings. The van der Waals surface area contributed by atoms with Gasteiger partial charge in [-0.1, -0.05) is 30.4 Å². The van der Waals surface area contributed by atoms with Gasteiger partial charge >= 0.3 is 5.69 Å². The Balaban J connectivity index is 1.35. The van der Waals surface area contributed by atoms with E-state index in [1.165, 1.54) is 5.39 Å². The van der Waals surface area contributed by atoms with Crippen molar-refractivity contribution in [1.29, 1.82) is 0 Å². The Bertz CT molecular complexity index is 1260. The summed E-state index contributed by atoms with van der Waals surface area (Å²) in [5.41, 5.74) is 4.54. The van der Waals surface area contributed by atoms with Crippen molar-refractivity contribution in [2.45, 2.75) is 38.1 Å². The zero-order valence-corrected chi connectivity index (χ0v) is 16.2. The van der Waals surface area contributed by atoms with Crippen molar-refractivity contribution < 1.29 is 5.11 Å². The Labute approximate surface area is 167 Å². The Hall–Kier alpha value is -3.09. The molecule has 3 atom stereocenters. The zero-order chi connectivity index (χ0) is 20.0. The minimum atomic E-state index is -0.672. The number of aliphatic hydroxyl groups is 1. The van der Waals surface area contributed by atoms with Gasteiger partial charge in [0.25, 0.3) is 0 Å². The van der Waals surface area contributed by atoms with E-state index in [1.807, 2.05) is 24.4 Å². The summed E-state index contributed by atoms with van der Waals surface area (Å²) in [6.45, 7) is 2.65. The Morgan fingerprint density at radius 2 is 2.14 bits per heavy atom. The molecule has 6 nitrogen and oxygen atoms in total. The van der Waals surface area contributed by atoms with Crippen LogP contribution in [0.4, 0.5) is 0 Å². The number of fused-ring (bicyclic) bond motifs is 1. The van der Waals surface area contributed by atoms with E-state index in [0.717, 1.165) is 27.7 Å². The molecule has 5 rings (SSSR count). The second kappa shape index (κ2) is 7.06. The minimum Gasteiger partial charge on any atom is -0.387 e. The summed E-state index contributed by atoms with van der Waals surface area (Å²) in [4.78, 5) is 18.3. The molecular formula is C23H24N4O2. The van der Waals surface area contributed by atoms with Crippen LogP contribution in [0.5, 0.6) is 0 Å². The van der Waals surface area contributed by atoms with Gasteiger partial charge in [-0.2, -0.15) is 0 Å². The number of aliphatic hydroxyl groups excluding tert-OH is 1. The summed E-state index contributed by atoms with van der Waals surface area (Å²) >= 11 is 0. The van der Waals surface area contributed by atoms with Crippen LogP contribution >= 0.6 is 0 Å². The lowest BCUT2D eigenvalue weighted by atomic mass is 9.99. The number of H-pyrrole nitrogens is 2. The van der Waals surface area contributed by atoms with E-state index < -0.39 is 6.10 Å². The second-order valence-corrected chi connectivity index (χ2v) is 7.80. The van der Waals surface area contributed by atoms with Crippen LogP contribution in [-0.4, -0.2) is 31.7 Å². The van der Waals surface area contributed by atoms with E-state index in [2.05, 4.69) is 58.6 Å². The summed E-state index contributed by atoms with van der Waals surface area (Å²) in [6, 6.07) is 14.0. The predicted octanol–water partition coefficient (Wildman–Crippen LogP) is 3.31. The fourth-order valence-corrected chi connectivity index (χ4v) is 4.34. The molecule has 0 saturated carbocycles. The maximum Gasteiger partial charge on any atom is 0.326 e. The molecule has 0 bridgehead atoms. The van der Waals surface area contributed by atoms with Crippen LogP contribution in [0.1, 0.15) is 30.6 Å². The maximum atomic E-state index is 12.3. The summed E-state index contributed by atoms with van der Waals surface area (Å²) in [6.07, 6.45) is 6.16. The Morgan fingerprint density at radius 1 is 1.24 bits per heavy atom. The van der Waals surface area contributed by atoms with Gasteiger partial charge in [0.2, 0.25) is 0 Å². The molecule has 0 amide bonds. The fourth-order valence-electron chi connectivity index (χ4n) is 4.34. The van der Waals surface area contributed by atoms with E-state index in [0.29, 0.717) is 13.0 Å². The number of hydrogen-bond acceptors (Lipinski definition) is 3. The lowest BCUT2D eigenvalue weighted by molar-refractivity contribution is 0.122. The third kappa shape index (κ3) is 3.20. The number of aryl methyl sites for hydroxylation is 1. The highest BCUT2D eigenvalue weighted by molar-refractivity contribution is 5.82. The van der Waals surface area contributed by atoms with Crippen LogP contribution < -0.4 is 11.0 Å². The molecule has 148 valence electrons. The summed E-state index contributed by atoms with van der Waals surface area (Å²) in [7, 11) is 0. The first-order valence-corrected chi connectivity index (χ1v) is 10.0. The predicted molar refractivity (Wildman–Crippen MR) is 116 cm³/mol. The maximum absolute atomic E-state index is 12.3. The monoisotopic (exact) mass is 388 g/mol. The molecule has 0 saturated heterocycles. The lowest BCUT2D eigenvalue weighted by Gasteiger charge is -2.25. The third-order valence-electron chi connectivity index (χ3n) is 5.82. The topological polar surface area (TPSA) is 85.8 Å². The van der Waals surface area contributed by atoms with E-state index in [-0.39, 0.29) is 17.8 Å². The van der Waals surface area contributed by atoms with Gasteiger partial charge in [0.15, 0.2) is 0 Å². The van der Waals surface area contributed by atoms with Gasteiger partial charge in [-0.25, -0.2) is 4.79 Å². The van der Waals surface area contributed by atoms with E-state index in [1.54, 1.807) is 4.57 Å². The molecule has 3 heterocycles.